The monoisotopic (exact) mass is 801 g/mol. The van der Waals surface area contributed by atoms with Crippen molar-refractivity contribution >= 4 is 75.2 Å². The minimum atomic E-state index is -2.54. The minimum absolute atomic E-state index is 0.0616. The van der Waals surface area contributed by atoms with Crippen molar-refractivity contribution in [2.24, 2.45) is 0 Å². The lowest BCUT2D eigenvalue weighted by Crippen LogP contribution is -2.41. The SMILES string of the molecule is CC(=O)N(Cc1ccccn1)c1ccc(C=CC(=O)NCC(=O)N(C)c2ccc(Cl)c(C(O)(C(=O)Oc3cccc4ccc(C)nc34)c3ccccc3)c2Cl)cc1. The Hall–Kier alpha value is -6.40. The van der Waals surface area contributed by atoms with Gasteiger partial charge in [-0.05, 0) is 72.7 Å². The van der Waals surface area contributed by atoms with Gasteiger partial charge in [-0.25, -0.2) is 9.78 Å². The lowest BCUT2D eigenvalue weighted by molar-refractivity contribution is -0.151. The fourth-order valence-electron chi connectivity index (χ4n) is 6.10. The number of likely N-dealkylation sites (N-methyl/N-ethyl adjacent to an activating group) is 1. The molecule has 13 heteroatoms. The number of amides is 3. The Morgan fingerprint density at radius 3 is 2.32 bits per heavy atom. The molecule has 2 N–H and O–H groups in total. The maximum atomic E-state index is 14.2. The maximum Gasteiger partial charge on any atom is 0.353 e. The van der Waals surface area contributed by atoms with Gasteiger partial charge in [-0.15, -0.1) is 0 Å². The summed E-state index contributed by atoms with van der Waals surface area (Å²) in [7, 11) is 1.44. The predicted octanol–water partition coefficient (Wildman–Crippen LogP) is 7.43. The second-order valence-electron chi connectivity index (χ2n) is 13.0. The van der Waals surface area contributed by atoms with E-state index in [-0.39, 0.29) is 38.5 Å². The van der Waals surface area contributed by atoms with Crippen LogP contribution in [0.4, 0.5) is 11.4 Å². The average Bonchev–Trinajstić information content (AvgIpc) is 3.22. The number of aliphatic hydroxyl groups is 1. The van der Waals surface area contributed by atoms with Gasteiger partial charge in [0.25, 0.3) is 0 Å². The highest BCUT2D eigenvalue weighted by Gasteiger charge is 2.46. The average molecular weight is 803 g/mol. The molecule has 3 amide bonds. The number of para-hydroxylation sites is 1. The van der Waals surface area contributed by atoms with Gasteiger partial charge in [0.2, 0.25) is 23.3 Å². The molecule has 1 atom stereocenters. The molecule has 288 valence electrons. The molecule has 0 aliphatic rings. The third-order valence-corrected chi connectivity index (χ3v) is 9.85. The number of rotatable bonds is 12. The summed E-state index contributed by atoms with van der Waals surface area (Å²) in [6.07, 6.45) is 4.53. The molecule has 0 aliphatic carbocycles. The van der Waals surface area contributed by atoms with E-state index in [1.807, 2.05) is 30.3 Å². The van der Waals surface area contributed by atoms with Crippen molar-refractivity contribution in [1.82, 2.24) is 15.3 Å². The Labute approximate surface area is 339 Å². The largest absolute Gasteiger partial charge is 0.422 e. The first-order valence-corrected chi connectivity index (χ1v) is 18.5. The van der Waals surface area contributed by atoms with Gasteiger partial charge in [0.05, 0.1) is 29.5 Å². The van der Waals surface area contributed by atoms with Crippen LogP contribution in [0, 0.1) is 6.92 Å². The number of hydrogen-bond acceptors (Lipinski definition) is 8. The van der Waals surface area contributed by atoms with Crippen LogP contribution in [0.2, 0.25) is 10.0 Å². The standard InChI is InChI=1S/C44H37Cl2N5O6/c1-28-15-19-31-10-9-14-37(42(31)49-28)57-43(55)44(56,32-11-5-4-6-12-32)40-35(45)22-23-36(41(40)46)50(3)39(54)26-48-38(53)24-18-30-16-20-34(21-17-30)51(29(2)52)27-33-13-7-8-25-47-33/h4-25,56H,26-27H2,1-3H3,(H,48,53). The predicted molar refractivity (Wildman–Crippen MR) is 221 cm³/mol. The van der Waals surface area contributed by atoms with Crippen molar-refractivity contribution in [3.8, 4) is 5.75 Å². The Morgan fingerprint density at radius 1 is 0.877 bits per heavy atom. The zero-order chi connectivity index (χ0) is 40.7. The van der Waals surface area contributed by atoms with Gasteiger partial charge in [0.1, 0.15) is 5.52 Å². The van der Waals surface area contributed by atoms with E-state index in [4.69, 9.17) is 27.9 Å². The molecule has 0 fully saturated rings. The van der Waals surface area contributed by atoms with Crippen molar-refractivity contribution in [3.05, 3.63) is 166 Å². The van der Waals surface area contributed by atoms with Gasteiger partial charge < -0.3 is 25.0 Å². The minimum Gasteiger partial charge on any atom is -0.422 e. The molecule has 0 aliphatic heterocycles. The first kappa shape index (κ1) is 40.3. The van der Waals surface area contributed by atoms with E-state index in [1.54, 1.807) is 84.8 Å². The number of aryl methyl sites for hydroxylation is 1. The van der Waals surface area contributed by atoms with Crippen molar-refractivity contribution in [1.29, 1.82) is 0 Å². The normalized spacial score (nSPS) is 12.2. The summed E-state index contributed by atoms with van der Waals surface area (Å²) in [5.41, 5.74) is 0.699. The molecule has 4 aromatic carbocycles. The lowest BCUT2D eigenvalue weighted by atomic mass is 9.85. The van der Waals surface area contributed by atoms with Crippen LogP contribution in [0.15, 0.2) is 128 Å². The first-order valence-electron chi connectivity index (χ1n) is 17.7. The highest BCUT2D eigenvalue weighted by atomic mass is 35.5. The van der Waals surface area contributed by atoms with E-state index in [2.05, 4.69) is 15.3 Å². The molecule has 0 saturated carbocycles. The Kier molecular flexibility index (Phi) is 12.4. The van der Waals surface area contributed by atoms with Gasteiger partial charge >= 0.3 is 5.97 Å². The molecular formula is C44H37Cl2N5O6. The van der Waals surface area contributed by atoms with Crippen LogP contribution in [0.25, 0.3) is 17.0 Å². The summed E-state index contributed by atoms with van der Waals surface area (Å²) >= 11 is 13.6. The van der Waals surface area contributed by atoms with E-state index >= 15 is 0 Å². The molecule has 6 aromatic rings. The third-order valence-electron chi connectivity index (χ3n) is 9.15. The molecule has 0 spiro atoms. The van der Waals surface area contributed by atoms with E-state index in [9.17, 15) is 24.3 Å². The third kappa shape index (κ3) is 9.02. The zero-order valence-electron chi connectivity index (χ0n) is 31.1. The Morgan fingerprint density at radius 2 is 1.61 bits per heavy atom. The number of halogens is 2. The van der Waals surface area contributed by atoms with Gasteiger partial charge in [-0.1, -0.05) is 89.9 Å². The number of nitrogens with zero attached hydrogens (tertiary/aromatic N) is 4. The van der Waals surface area contributed by atoms with Gasteiger partial charge in [0.15, 0.2) is 5.75 Å². The molecule has 6 rings (SSSR count). The number of fused-ring (bicyclic) bond motifs is 1. The summed E-state index contributed by atoms with van der Waals surface area (Å²) in [5.74, 6) is -2.23. The van der Waals surface area contributed by atoms with Crippen LogP contribution in [0.5, 0.6) is 5.75 Å². The van der Waals surface area contributed by atoms with Crippen LogP contribution in [0.3, 0.4) is 0 Å². The van der Waals surface area contributed by atoms with Crippen LogP contribution in [-0.4, -0.2) is 52.4 Å². The number of nitrogens with one attached hydrogen (secondary N) is 1. The number of anilines is 2. The molecule has 0 radical (unpaired) electrons. The van der Waals surface area contributed by atoms with Gasteiger partial charge in [-0.3, -0.25) is 19.4 Å². The van der Waals surface area contributed by atoms with Crippen LogP contribution < -0.4 is 19.9 Å². The molecular weight excluding hydrogens is 765 g/mol. The molecule has 11 nitrogen and oxygen atoms in total. The summed E-state index contributed by atoms with van der Waals surface area (Å²) in [6, 6.07) is 32.3. The van der Waals surface area contributed by atoms with E-state index < -0.39 is 29.9 Å². The van der Waals surface area contributed by atoms with E-state index in [0.29, 0.717) is 29.0 Å². The first-order chi connectivity index (χ1) is 27.4. The Bertz CT molecular complexity index is 2480. The molecule has 2 heterocycles. The number of ether oxygens (including phenoxy) is 1. The number of benzene rings is 4. The van der Waals surface area contributed by atoms with E-state index in [0.717, 1.165) is 11.1 Å². The summed E-state index contributed by atoms with van der Waals surface area (Å²) in [6.45, 7) is 3.18. The highest BCUT2D eigenvalue weighted by Crippen LogP contribution is 2.44. The number of carbonyl (C=O) groups is 4. The summed E-state index contributed by atoms with van der Waals surface area (Å²) in [5, 5.41) is 15.5. The van der Waals surface area contributed by atoms with Gasteiger partial charge in [-0.2, -0.15) is 0 Å². The number of esters is 1. The number of aromatic nitrogens is 2. The topological polar surface area (TPSA) is 142 Å². The molecule has 1 unspecified atom stereocenters. The highest BCUT2D eigenvalue weighted by molar-refractivity contribution is 6.39. The van der Waals surface area contributed by atoms with Crippen LogP contribution in [0.1, 0.15) is 35.0 Å². The van der Waals surface area contributed by atoms with Crippen LogP contribution in [-0.2, 0) is 31.3 Å². The number of hydrogen-bond donors (Lipinski definition) is 2. The van der Waals surface area contributed by atoms with Crippen molar-refractivity contribution in [3.63, 3.8) is 0 Å². The molecule has 0 saturated heterocycles. The smallest absolute Gasteiger partial charge is 0.353 e. The number of pyridine rings is 2. The fraction of sp³-hybridized carbons (Fsp3) is 0.136. The second kappa shape index (κ2) is 17.6. The molecule has 2 aromatic heterocycles. The molecule has 57 heavy (non-hydrogen) atoms. The summed E-state index contributed by atoms with van der Waals surface area (Å²) in [4.78, 5) is 64.3. The van der Waals surface area contributed by atoms with Crippen molar-refractivity contribution < 1.29 is 29.0 Å². The lowest BCUT2D eigenvalue weighted by Gasteiger charge is -2.30. The second-order valence-corrected chi connectivity index (χ2v) is 13.8. The fourth-order valence-corrected chi connectivity index (χ4v) is 6.87. The zero-order valence-corrected chi connectivity index (χ0v) is 32.7. The quantitative estimate of drug-likeness (QED) is 0.0740. The summed E-state index contributed by atoms with van der Waals surface area (Å²) < 4.78 is 5.86. The van der Waals surface area contributed by atoms with Crippen molar-refractivity contribution in [2.75, 3.05) is 23.4 Å². The Balaban J connectivity index is 1.17. The van der Waals surface area contributed by atoms with E-state index in [1.165, 1.54) is 49.2 Å². The molecule has 0 bridgehead atoms. The maximum absolute atomic E-state index is 14.2. The number of carbonyl (C=O) groups excluding carboxylic acids is 4. The van der Waals surface area contributed by atoms with Crippen LogP contribution >= 0.6 is 23.2 Å². The van der Waals surface area contributed by atoms with Gasteiger partial charge in [0, 0.05) is 53.6 Å². The van der Waals surface area contributed by atoms with Crippen molar-refractivity contribution in [2.45, 2.75) is 26.0 Å².